The first-order valence-electron chi connectivity index (χ1n) is 5.61. The Kier molecular flexibility index (Phi) is 5.04. The molecule has 0 saturated carbocycles. The van der Waals surface area contributed by atoms with E-state index < -0.39 is 4.92 Å². The lowest BCUT2D eigenvalue weighted by molar-refractivity contribution is -0.389. The molecule has 1 amide bonds. The average molecular weight is 269 g/mol. The zero-order valence-electron chi connectivity index (χ0n) is 10.7. The highest BCUT2D eigenvalue weighted by Crippen LogP contribution is 2.11. The molecular formula is C11H15N3O5. The maximum absolute atomic E-state index is 11.9. The van der Waals surface area contributed by atoms with E-state index in [1.165, 1.54) is 24.1 Å². The molecule has 0 saturated heterocycles. The highest BCUT2D eigenvalue weighted by molar-refractivity contribution is 5.92. The van der Waals surface area contributed by atoms with E-state index >= 15 is 0 Å². The van der Waals surface area contributed by atoms with Gasteiger partial charge in [0.2, 0.25) is 0 Å². The normalized spacial score (nSPS) is 10.0. The Hall–Kier alpha value is -2.38. The van der Waals surface area contributed by atoms with Gasteiger partial charge in [-0.25, -0.2) is 4.98 Å². The summed E-state index contributed by atoms with van der Waals surface area (Å²) in [5, 5.41) is 10.5. The van der Waals surface area contributed by atoms with Crippen molar-refractivity contribution >= 4 is 17.7 Å². The first kappa shape index (κ1) is 14.7. The number of amides is 1. The third-order valence-corrected chi connectivity index (χ3v) is 2.55. The maximum Gasteiger partial charge on any atom is 0.321 e. The van der Waals surface area contributed by atoms with Crippen LogP contribution < -0.4 is 0 Å². The zero-order chi connectivity index (χ0) is 14.4. The standard InChI is InChI=1S/C11H15N3O5/c1-13(7-3-4-10(15)19-2)11(16)8-5-6-9(12-8)14(17)18/h5-6,12H,3-4,7H2,1-2H3. The van der Waals surface area contributed by atoms with Crippen LogP contribution in [0, 0.1) is 10.1 Å². The number of ether oxygens (including phenoxy) is 1. The third-order valence-electron chi connectivity index (χ3n) is 2.55. The summed E-state index contributed by atoms with van der Waals surface area (Å²) in [6.45, 7) is 0.362. The van der Waals surface area contributed by atoms with E-state index in [1.54, 1.807) is 7.05 Å². The molecule has 1 aromatic heterocycles. The summed E-state index contributed by atoms with van der Waals surface area (Å²) < 4.78 is 4.48. The fourth-order valence-corrected chi connectivity index (χ4v) is 1.48. The summed E-state index contributed by atoms with van der Waals surface area (Å²) in [6.07, 6.45) is 0.691. The molecule has 0 spiro atoms. The van der Waals surface area contributed by atoms with Crippen LogP contribution in [0.3, 0.4) is 0 Å². The third kappa shape index (κ3) is 4.09. The van der Waals surface area contributed by atoms with Crippen molar-refractivity contribution in [3.8, 4) is 0 Å². The predicted octanol–water partition coefficient (Wildman–Crippen LogP) is 0.948. The number of nitrogens with zero attached hydrogens (tertiary/aromatic N) is 2. The SMILES string of the molecule is COC(=O)CCCN(C)C(=O)c1ccc([N+](=O)[O-])[nH]1. The molecule has 104 valence electrons. The van der Waals surface area contributed by atoms with Gasteiger partial charge in [0.05, 0.1) is 7.11 Å². The number of carbonyl (C=O) groups excluding carboxylic acids is 2. The number of H-pyrrole nitrogens is 1. The Bertz CT molecular complexity index is 482. The van der Waals surface area contributed by atoms with E-state index in [4.69, 9.17) is 0 Å². The number of hydrogen-bond donors (Lipinski definition) is 1. The number of methoxy groups -OCH3 is 1. The lowest BCUT2D eigenvalue weighted by atomic mass is 10.3. The van der Waals surface area contributed by atoms with Crippen molar-refractivity contribution in [2.24, 2.45) is 0 Å². The van der Waals surface area contributed by atoms with Gasteiger partial charge in [-0.3, -0.25) is 9.59 Å². The Balaban J connectivity index is 2.51. The van der Waals surface area contributed by atoms with Gasteiger partial charge in [0.25, 0.3) is 5.91 Å². The molecular weight excluding hydrogens is 254 g/mol. The van der Waals surface area contributed by atoms with Crippen LogP contribution in [-0.4, -0.2) is 47.4 Å². The molecule has 19 heavy (non-hydrogen) atoms. The van der Waals surface area contributed by atoms with Gasteiger partial charge in [0.1, 0.15) is 0 Å². The number of aromatic nitrogens is 1. The summed E-state index contributed by atoms with van der Waals surface area (Å²) >= 11 is 0. The largest absolute Gasteiger partial charge is 0.469 e. The van der Waals surface area contributed by atoms with E-state index in [0.717, 1.165) is 0 Å². The molecule has 0 atom stereocenters. The molecule has 1 rings (SSSR count). The fourth-order valence-electron chi connectivity index (χ4n) is 1.48. The van der Waals surface area contributed by atoms with Crippen molar-refractivity contribution < 1.29 is 19.2 Å². The molecule has 0 aliphatic heterocycles. The maximum atomic E-state index is 11.9. The van der Waals surface area contributed by atoms with Crippen LogP contribution in [0.5, 0.6) is 0 Å². The van der Waals surface area contributed by atoms with Gasteiger partial charge >= 0.3 is 11.8 Å². The van der Waals surface area contributed by atoms with Gasteiger partial charge in [-0.15, -0.1) is 0 Å². The molecule has 0 aliphatic carbocycles. The number of carbonyl (C=O) groups is 2. The van der Waals surface area contributed by atoms with Crippen molar-refractivity contribution in [3.63, 3.8) is 0 Å². The summed E-state index contributed by atoms with van der Waals surface area (Å²) in [5.41, 5.74) is 0.146. The second-order valence-corrected chi connectivity index (χ2v) is 3.92. The van der Waals surface area contributed by atoms with Gasteiger partial charge in [-0.05, 0) is 17.4 Å². The Morgan fingerprint density at radius 3 is 2.68 bits per heavy atom. The number of rotatable bonds is 6. The molecule has 0 fully saturated rings. The van der Waals surface area contributed by atoms with Crippen molar-refractivity contribution in [1.29, 1.82) is 0 Å². The van der Waals surface area contributed by atoms with Gasteiger partial charge in [0.15, 0.2) is 5.69 Å². The van der Waals surface area contributed by atoms with Crippen LogP contribution in [0.25, 0.3) is 0 Å². The first-order valence-corrected chi connectivity index (χ1v) is 5.61. The van der Waals surface area contributed by atoms with Crippen LogP contribution in [0.1, 0.15) is 23.3 Å². The first-order chi connectivity index (χ1) is 8.95. The van der Waals surface area contributed by atoms with Crippen LogP contribution in [0.4, 0.5) is 5.82 Å². The highest BCUT2D eigenvalue weighted by Gasteiger charge is 2.18. The molecule has 0 aliphatic rings. The average Bonchev–Trinajstić information content (AvgIpc) is 2.87. The summed E-state index contributed by atoms with van der Waals surface area (Å²) in [5.74, 6) is -0.930. The quantitative estimate of drug-likeness (QED) is 0.470. The lowest BCUT2D eigenvalue weighted by Gasteiger charge is -2.14. The number of esters is 1. The lowest BCUT2D eigenvalue weighted by Crippen LogP contribution is -2.28. The van der Waals surface area contributed by atoms with Crippen LogP contribution in [-0.2, 0) is 9.53 Å². The van der Waals surface area contributed by atoms with E-state index in [9.17, 15) is 19.7 Å². The minimum absolute atomic E-state index is 0.146. The van der Waals surface area contributed by atoms with Gasteiger partial charge < -0.3 is 19.8 Å². The van der Waals surface area contributed by atoms with Crippen molar-refractivity contribution in [3.05, 3.63) is 27.9 Å². The summed E-state index contributed by atoms with van der Waals surface area (Å²) in [6, 6.07) is 2.59. The Morgan fingerprint density at radius 1 is 1.47 bits per heavy atom. The predicted molar refractivity (Wildman–Crippen MR) is 65.7 cm³/mol. The minimum Gasteiger partial charge on any atom is -0.469 e. The Labute approximate surface area is 109 Å². The summed E-state index contributed by atoms with van der Waals surface area (Å²) in [4.78, 5) is 36.5. The highest BCUT2D eigenvalue weighted by atomic mass is 16.6. The molecule has 1 heterocycles. The molecule has 0 aromatic carbocycles. The van der Waals surface area contributed by atoms with E-state index in [0.29, 0.717) is 13.0 Å². The number of hydrogen-bond acceptors (Lipinski definition) is 5. The number of aromatic amines is 1. The van der Waals surface area contributed by atoms with Crippen molar-refractivity contribution in [2.45, 2.75) is 12.8 Å². The van der Waals surface area contributed by atoms with Gasteiger partial charge in [0, 0.05) is 26.1 Å². The van der Waals surface area contributed by atoms with E-state index in [2.05, 4.69) is 9.72 Å². The summed E-state index contributed by atoms with van der Waals surface area (Å²) in [7, 11) is 2.86. The number of nitro groups is 1. The van der Waals surface area contributed by atoms with Crippen LogP contribution in [0.2, 0.25) is 0 Å². The topological polar surface area (TPSA) is 106 Å². The fraction of sp³-hybridized carbons (Fsp3) is 0.455. The van der Waals surface area contributed by atoms with Crippen LogP contribution >= 0.6 is 0 Å². The smallest absolute Gasteiger partial charge is 0.321 e. The van der Waals surface area contributed by atoms with Crippen molar-refractivity contribution in [2.75, 3.05) is 20.7 Å². The zero-order valence-corrected chi connectivity index (χ0v) is 10.7. The van der Waals surface area contributed by atoms with Gasteiger partial charge in [-0.1, -0.05) is 0 Å². The van der Waals surface area contributed by atoms with Crippen molar-refractivity contribution in [1.82, 2.24) is 9.88 Å². The Morgan fingerprint density at radius 2 is 2.16 bits per heavy atom. The molecule has 0 bridgehead atoms. The molecule has 8 heteroatoms. The molecule has 8 nitrogen and oxygen atoms in total. The van der Waals surface area contributed by atoms with Gasteiger partial charge in [-0.2, -0.15) is 0 Å². The molecule has 1 N–H and O–H groups in total. The van der Waals surface area contributed by atoms with Crippen LogP contribution in [0.15, 0.2) is 12.1 Å². The second-order valence-electron chi connectivity index (χ2n) is 3.92. The minimum atomic E-state index is -0.603. The monoisotopic (exact) mass is 269 g/mol. The second kappa shape index (κ2) is 6.53. The molecule has 1 aromatic rings. The molecule has 0 radical (unpaired) electrons. The van der Waals surface area contributed by atoms with E-state index in [1.807, 2.05) is 0 Å². The number of nitrogens with one attached hydrogen (secondary N) is 1. The molecule has 0 unspecified atom stereocenters. The van der Waals surface area contributed by atoms with E-state index in [-0.39, 0.29) is 29.8 Å².